The van der Waals surface area contributed by atoms with Crippen LogP contribution in [0.3, 0.4) is 0 Å². The van der Waals surface area contributed by atoms with Crippen molar-refractivity contribution in [1.82, 2.24) is 9.80 Å². The van der Waals surface area contributed by atoms with Gasteiger partial charge < -0.3 is 4.90 Å². The molecule has 1 amide bonds. The largest absolute Gasteiger partial charge is 0.340 e. The van der Waals surface area contributed by atoms with Gasteiger partial charge in [-0.1, -0.05) is 20.3 Å². The van der Waals surface area contributed by atoms with E-state index in [4.69, 9.17) is 0 Å². The summed E-state index contributed by atoms with van der Waals surface area (Å²) in [5.74, 6) is 3.72. The number of piperazine rings is 1. The van der Waals surface area contributed by atoms with Crippen molar-refractivity contribution in [3.05, 3.63) is 0 Å². The third-order valence-electron chi connectivity index (χ3n) is 5.67. The molecule has 0 N–H and O–H groups in total. The van der Waals surface area contributed by atoms with Gasteiger partial charge in [0, 0.05) is 39.1 Å². The molecule has 3 rings (SSSR count). The van der Waals surface area contributed by atoms with Gasteiger partial charge in [-0.2, -0.15) is 0 Å². The molecule has 1 heterocycles. The zero-order valence-corrected chi connectivity index (χ0v) is 13.2. The van der Waals surface area contributed by atoms with E-state index in [-0.39, 0.29) is 0 Å². The molecule has 0 aromatic rings. The Hall–Kier alpha value is -0.570. The molecule has 114 valence electrons. The monoisotopic (exact) mass is 278 g/mol. The van der Waals surface area contributed by atoms with E-state index in [0.29, 0.717) is 5.91 Å². The average Bonchev–Trinajstić information content (AvgIpc) is 3.01. The smallest absolute Gasteiger partial charge is 0.222 e. The summed E-state index contributed by atoms with van der Waals surface area (Å²) in [6.07, 6.45) is 6.42. The lowest BCUT2D eigenvalue weighted by Crippen LogP contribution is -2.49. The zero-order valence-electron chi connectivity index (χ0n) is 13.2. The van der Waals surface area contributed by atoms with E-state index in [0.717, 1.165) is 56.3 Å². The SMILES string of the molecule is CC(C)CN1CCN(C(=O)CC2CC3CCC2C3)CC1. The Labute approximate surface area is 123 Å². The zero-order chi connectivity index (χ0) is 14.1. The third kappa shape index (κ3) is 3.19. The van der Waals surface area contributed by atoms with Gasteiger partial charge in [-0.3, -0.25) is 9.69 Å². The van der Waals surface area contributed by atoms with Crippen molar-refractivity contribution >= 4 is 5.91 Å². The van der Waals surface area contributed by atoms with Crippen molar-refractivity contribution in [2.45, 2.75) is 46.0 Å². The maximum atomic E-state index is 12.5. The van der Waals surface area contributed by atoms with Gasteiger partial charge >= 0.3 is 0 Å². The summed E-state index contributed by atoms with van der Waals surface area (Å²) in [7, 11) is 0. The van der Waals surface area contributed by atoms with Gasteiger partial charge in [-0.15, -0.1) is 0 Å². The van der Waals surface area contributed by atoms with Gasteiger partial charge in [0.15, 0.2) is 0 Å². The quantitative estimate of drug-likeness (QED) is 0.789. The maximum absolute atomic E-state index is 12.5. The lowest BCUT2D eigenvalue weighted by atomic mass is 9.86. The topological polar surface area (TPSA) is 23.6 Å². The molecule has 3 heteroatoms. The summed E-state index contributed by atoms with van der Waals surface area (Å²) >= 11 is 0. The van der Waals surface area contributed by atoms with Crippen molar-refractivity contribution in [2.24, 2.45) is 23.7 Å². The lowest BCUT2D eigenvalue weighted by Gasteiger charge is -2.36. The van der Waals surface area contributed by atoms with Gasteiger partial charge in [0.25, 0.3) is 0 Å². The van der Waals surface area contributed by atoms with Crippen molar-refractivity contribution in [3.8, 4) is 0 Å². The van der Waals surface area contributed by atoms with E-state index >= 15 is 0 Å². The highest BCUT2D eigenvalue weighted by atomic mass is 16.2. The molecule has 1 saturated heterocycles. The molecule has 0 spiro atoms. The highest BCUT2D eigenvalue weighted by molar-refractivity contribution is 5.76. The van der Waals surface area contributed by atoms with Crippen LogP contribution in [0, 0.1) is 23.7 Å². The van der Waals surface area contributed by atoms with Gasteiger partial charge in [-0.25, -0.2) is 0 Å². The van der Waals surface area contributed by atoms with E-state index < -0.39 is 0 Å². The van der Waals surface area contributed by atoms with Crippen LogP contribution in [0.5, 0.6) is 0 Å². The number of rotatable bonds is 4. The van der Waals surface area contributed by atoms with Crippen molar-refractivity contribution < 1.29 is 4.79 Å². The number of amides is 1. The van der Waals surface area contributed by atoms with Crippen LogP contribution < -0.4 is 0 Å². The normalized spacial score (nSPS) is 34.1. The average molecular weight is 278 g/mol. The van der Waals surface area contributed by atoms with Crippen LogP contribution in [0.1, 0.15) is 46.0 Å². The van der Waals surface area contributed by atoms with Crippen molar-refractivity contribution in [1.29, 1.82) is 0 Å². The van der Waals surface area contributed by atoms with E-state index in [1.807, 2.05) is 0 Å². The standard InChI is InChI=1S/C17H30N2O/c1-13(2)12-18-5-7-19(8-6-18)17(20)11-16-10-14-3-4-15(16)9-14/h13-16H,3-12H2,1-2H3. The molecule has 2 aliphatic carbocycles. The molecular formula is C17H30N2O. The Balaban J connectivity index is 1.43. The van der Waals surface area contributed by atoms with Crippen molar-refractivity contribution in [3.63, 3.8) is 0 Å². The van der Waals surface area contributed by atoms with Crippen LogP contribution in [-0.4, -0.2) is 48.4 Å². The Bertz CT molecular complexity index is 347. The number of nitrogens with zero attached hydrogens (tertiary/aromatic N) is 2. The van der Waals surface area contributed by atoms with Crippen LogP contribution in [0.4, 0.5) is 0 Å². The maximum Gasteiger partial charge on any atom is 0.222 e. The molecule has 2 saturated carbocycles. The second-order valence-corrected chi connectivity index (χ2v) is 7.71. The van der Waals surface area contributed by atoms with E-state index in [1.165, 1.54) is 32.2 Å². The molecule has 0 aromatic heterocycles. The second-order valence-electron chi connectivity index (χ2n) is 7.71. The third-order valence-corrected chi connectivity index (χ3v) is 5.67. The highest BCUT2D eigenvalue weighted by Gasteiger charge is 2.40. The lowest BCUT2D eigenvalue weighted by molar-refractivity contribution is -0.134. The minimum absolute atomic E-state index is 0.437. The van der Waals surface area contributed by atoms with Gasteiger partial charge in [-0.05, 0) is 42.9 Å². The summed E-state index contributed by atoms with van der Waals surface area (Å²) in [5.41, 5.74) is 0. The molecule has 2 bridgehead atoms. The molecule has 20 heavy (non-hydrogen) atoms. The molecule has 0 radical (unpaired) electrons. The first kappa shape index (κ1) is 14.4. The first-order valence-electron chi connectivity index (χ1n) is 8.62. The number of hydrogen-bond acceptors (Lipinski definition) is 2. The number of carbonyl (C=O) groups excluding carboxylic acids is 1. The van der Waals surface area contributed by atoms with Crippen molar-refractivity contribution in [2.75, 3.05) is 32.7 Å². The van der Waals surface area contributed by atoms with Crippen LogP contribution >= 0.6 is 0 Å². The summed E-state index contributed by atoms with van der Waals surface area (Å²) in [4.78, 5) is 17.1. The molecular weight excluding hydrogens is 248 g/mol. The Morgan fingerprint density at radius 3 is 2.40 bits per heavy atom. The number of hydrogen-bond donors (Lipinski definition) is 0. The first-order valence-corrected chi connectivity index (χ1v) is 8.62. The molecule has 3 nitrogen and oxygen atoms in total. The van der Waals surface area contributed by atoms with E-state index in [9.17, 15) is 4.79 Å². The van der Waals surface area contributed by atoms with E-state index in [1.54, 1.807) is 0 Å². The predicted octanol–water partition coefficient (Wildman–Crippen LogP) is 2.61. The van der Waals surface area contributed by atoms with Gasteiger partial charge in [0.2, 0.25) is 5.91 Å². The fourth-order valence-corrected chi connectivity index (χ4v) is 4.68. The molecule has 3 fully saturated rings. The van der Waals surface area contributed by atoms with Crippen LogP contribution in [-0.2, 0) is 4.79 Å². The molecule has 1 aliphatic heterocycles. The fraction of sp³-hybridized carbons (Fsp3) is 0.941. The minimum atomic E-state index is 0.437. The summed E-state index contributed by atoms with van der Waals surface area (Å²) in [5, 5.41) is 0. The number of carbonyl (C=O) groups is 1. The molecule has 3 atom stereocenters. The van der Waals surface area contributed by atoms with Crippen LogP contribution in [0.25, 0.3) is 0 Å². The van der Waals surface area contributed by atoms with E-state index in [2.05, 4.69) is 23.6 Å². The molecule has 3 unspecified atom stereocenters. The summed E-state index contributed by atoms with van der Waals surface area (Å²) in [6.45, 7) is 9.76. The predicted molar refractivity (Wildman–Crippen MR) is 81.4 cm³/mol. The first-order chi connectivity index (χ1) is 9.61. The van der Waals surface area contributed by atoms with Crippen LogP contribution in [0.15, 0.2) is 0 Å². The summed E-state index contributed by atoms with van der Waals surface area (Å²) in [6, 6.07) is 0. The fourth-order valence-electron chi connectivity index (χ4n) is 4.68. The summed E-state index contributed by atoms with van der Waals surface area (Å²) < 4.78 is 0. The molecule has 0 aromatic carbocycles. The second kappa shape index (κ2) is 6.05. The van der Waals surface area contributed by atoms with Gasteiger partial charge in [0.05, 0.1) is 0 Å². The highest BCUT2D eigenvalue weighted by Crippen LogP contribution is 2.49. The minimum Gasteiger partial charge on any atom is -0.340 e. The van der Waals surface area contributed by atoms with Gasteiger partial charge in [0.1, 0.15) is 0 Å². The Morgan fingerprint density at radius 2 is 1.85 bits per heavy atom. The Kier molecular flexibility index (Phi) is 4.34. The number of fused-ring (bicyclic) bond motifs is 2. The van der Waals surface area contributed by atoms with Crippen LogP contribution in [0.2, 0.25) is 0 Å². The Morgan fingerprint density at radius 1 is 1.10 bits per heavy atom. The molecule has 3 aliphatic rings.